The lowest BCUT2D eigenvalue weighted by Crippen LogP contribution is -2.49. The summed E-state index contributed by atoms with van der Waals surface area (Å²) < 4.78 is 11.0. The van der Waals surface area contributed by atoms with Crippen molar-refractivity contribution in [3.8, 4) is 11.5 Å². The van der Waals surface area contributed by atoms with Gasteiger partial charge in [-0.3, -0.25) is 9.69 Å². The Kier molecular flexibility index (Phi) is 4.73. The van der Waals surface area contributed by atoms with Crippen LogP contribution in [0.4, 0.5) is 0 Å². The normalized spacial score (nSPS) is 28.0. The van der Waals surface area contributed by atoms with Gasteiger partial charge >= 0.3 is 0 Å². The molecule has 3 aliphatic heterocycles. The number of aryl methyl sites for hydroxylation is 1. The van der Waals surface area contributed by atoms with Crippen molar-refractivity contribution in [2.24, 2.45) is 5.92 Å². The van der Waals surface area contributed by atoms with E-state index in [4.69, 9.17) is 9.47 Å². The van der Waals surface area contributed by atoms with Gasteiger partial charge in [0, 0.05) is 30.6 Å². The van der Waals surface area contributed by atoms with Gasteiger partial charge in [0.25, 0.3) is 0 Å². The van der Waals surface area contributed by atoms with E-state index in [1.165, 1.54) is 5.56 Å². The number of rotatable bonds is 5. The van der Waals surface area contributed by atoms with Crippen molar-refractivity contribution in [2.75, 3.05) is 27.3 Å². The summed E-state index contributed by atoms with van der Waals surface area (Å²) in [4.78, 5) is 18.3. The number of hydrogen-bond acceptors (Lipinski definition) is 4. The monoisotopic (exact) mass is 406 g/mol. The minimum absolute atomic E-state index is 0.309. The summed E-state index contributed by atoms with van der Waals surface area (Å²) in [6.07, 6.45) is 3.11. The van der Waals surface area contributed by atoms with Crippen molar-refractivity contribution in [3.05, 3.63) is 59.2 Å². The molecule has 3 heterocycles. The maximum Gasteiger partial charge on any atom is 0.243 e. The number of benzene rings is 2. The first-order valence-electron chi connectivity index (χ1n) is 10.9. The van der Waals surface area contributed by atoms with E-state index in [2.05, 4.69) is 41.0 Å². The quantitative estimate of drug-likeness (QED) is 0.754. The molecule has 0 aromatic heterocycles. The molecular weight excluding hydrogens is 376 g/mol. The molecule has 3 saturated heterocycles. The van der Waals surface area contributed by atoms with Gasteiger partial charge in [-0.2, -0.15) is 0 Å². The first-order chi connectivity index (χ1) is 14.6. The van der Waals surface area contributed by atoms with Gasteiger partial charge in [-0.05, 0) is 56.0 Å². The second-order valence-electron chi connectivity index (χ2n) is 8.90. The Morgan fingerprint density at radius 3 is 2.67 bits per heavy atom. The summed E-state index contributed by atoms with van der Waals surface area (Å²) in [7, 11) is 3.41. The number of carbonyl (C=O) groups is 1. The van der Waals surface area contributed by atoms with E-state index in [0.29, 0.717) is 24.4 Å². The summed E-state index contributed by atoms with van der Waals surface area (Å²) in [6.45, 7) is 4.55. The van der Waals surface area contributed by atoms with Gasteiger partial charge in [0.15, 0.2) is 0 Å². The van der Waals surface area contributed by atoms with Gasteiger partial charge in [0.1, 0.15) is 17.0 Å². The van der Waals surface area contributed by atoms with Crippen LogP contribution in [0.5, 0.6) is 11.5 Å². The number of carbonyl (C=O) groups excluding carboxylic acids is 1. The number of methoxy groups -OCH3 is 2. The molecule has 2 aromatic carbocycles. The van der Waals surface area contributed by atoms with Crippen LogP contribution >= 0.6 is 0 Å². The van der Waals surface area contributed by atoms with E-state index in [9.17, 15) is 4.79 Å². The second kappa shape index (κ2) is 7.31. The van der Waals surface area contributed by atoms with E-state index in [1.807, 2.05) is 18.2 Å². The minimum atomic E-state index is -0.319. The van der Waals surface area contributed by atoms with Crippen molar-refractivity contribution in [1.82, 2.24) is 9.80 Å². The first kappa shape index (κ1) is 19.4. The number of ether oxygens (including phenoxy) is 2. The highest BCUT2D eigenvalue weighted by Gasteiger charge is 2.65. The summed E-state index contributed by atoms with van der Waals surface area (Å²) in [5.74, 6) is 2.47. The van der Waals surface area contributed by atoms with Gasteiger partial charge in [-0.25, -0.2) is 0 Å². The average Bonchev–Trinajstić information content (AvgIpc) is 3.39. The highest BCUT2D eigenvalue weighted by atomic mass is 16.5. The zero-order chi connectivity index (χ0) is 20.9. The molecule has 0 aliphatic carbocycles. The lowest BCUT2D eigenvalue weighted by atomic mass is 9.85. The predicted octanol–water partition coefficient (Wildman–Crippen LogP) is 3.95. The summed E-state index contributed by atoms with van der Waals surface area (Å²) in [6, 6.07) is 14.8. The number of amides is 1. The number of hydrogen-bond donors (Lipinski definition) is 0. The molecule has 5 nitrogen and oxygen atoms in total. The first-order valence-corrected chi connectivity index (χ1v) is 10.9. The number of likely N-dealkylation sites (tertiary alicyclic amines) is 1. The van der Waals surface area contributed by atoms with Gasteiger partial charge < -0.3 is 14.4 Å². The lowest BCUT2D eigenvalue weighted by Gasteiger charge is -2.34. The summed E-state index contributed by atoms with van der Waals surface area (Å²) >= 11 is 0. The highest BCUT2D eigenvalue weighted by molar-refractivity contribution is 5.90. The van der Waals surface area contributed by atoms with Gasteiger partial charge in [-0.1, -0.05) is 30.3 Å². The maximum absolute atomic E-state index is 13.8. The minimum Gasteiger partial charge on any atom is -0.496 e. The van der Waals surface area contributed by atoms with Crippen molar-refractivity contribution >= 4 is 5.91 Å². The number of nitrogens with zero attached hydrogens (tertiary/aromatic N) is 2. The topological polar surface area (TPSA) is 42.0 Å². The Labute approximate surface area is 178 Å². The van der Waals surface area contributed by atoms with Crippen molar-refractivity contribution in [2.45, 2.75) is 44.3 Å². The average molecular weight is 407 g/mol. The molecule has 2 aromatic rings. The van der Waals surface area contributed by atoms with E-state index < -0.39 is 0 Å². The third-order valence-electron chi connectivity index (χ3n) is 7.48. The molecule has 0 unspecified atom stereocenters. The fourth-order valence-electron chi connectivity index (χ4n) is 6.18. The molecule has 0 N–H and O–H groups in total. The van der Waals surface area contributed by atoms with Crippen LogP contribution in [-0.4, -0.2) is 48.6 Å². The molecule has 158 valence electrons. The fraction of sp³-hybridized carbons (Fsp3) is 0.480. The molecule has 0 saturated carbocycles. The molecular formula is C25H30N2O3. The Hall–Kier alpha value is -2.53. The van der Waals surface area contributed by atoms with E-state index in [-0.39, 0.29) is 5.54 Å². The third kappa shape index (κ3) is 2.75. The van der Waals surface area contributed by atoms with E-state index in [1.54, 1.807) is 14.2 Å². The van der Waals surface area contributed by atoms with Crippen LogP contribution in [0.1, 0.15) is 42.0 Å². The number of para-hydroxylation sites is 1. The molecule has 3 aliphatic rings. The van der Waals surface area contributed by atoms with Crippen LogP contribution < -0.4 is 9.47 Å². The Bertz CT molecular complexity index is 975. The van der Waals surface area contributed by atoms with E-state index >= 15 is 0 Å². The lowest BCUT2D eigenvalue weighted by molar-refractivity contribution is -0.137. The summed E-state index contributed by atoms with van der Waals surface area (Å²) in [5, 5.41) is 0. The molecule has 5 rings (SSSR count). The smallest absolute Gasteiger partial charge is 0.243 e. The molecule has 5 heteroatoms. The van der Waals surface area contributed by atoms with Crippen LogP contribution in [0.25, 0.3) is 0 Å². The molecule has 0 bridgehead atoms. The largest absolute Gasteiger partial charge is 0.496 e. The zero-order valence-electron chi connectivity index (χ0n) is 18.1. The van der Waals surface area contributed by atoms with Crippen molar-refractivity contribution < 1.29 is 14.3 Å². The van der Waals surface area contributed by atoms with Crippen LogP contribution in [-0.2, 0) is 11.3 Å². The maximum atomic E-state index is 13.8. The predicted molar refractivity (Wildman–Crippen MR) is 116 cm³/mol. The third-order valence-corrected chi connectivity index (χ3v) is 7.48. The van der Waals surface area contributed by atoms with E-state index in [0.717, 1.165) is 55.0 Å². The summed E-state index contributed by atoms with van der Waals surface area (Å²) in [5.41, 5.74) is 3.23. The standard InChI is InChI=1S/C25H30N2O3/c1-17-13-18(9-10-22(17)29-2)21-14-20-16-26(15-19-7-4-5-8-23(19)30-3)24(28)25(20)11-6-12-27(21)25/h4-5,7-10,13,20-21H,6,11-12,14-16H2,1-3H3/t20-,21-,25-/m0/s1. The van der Waals surface area contributed by atoms with Gasteiger partial charge in [-0.15, -0.1) is 0 Å². The van der Waals surface area contributed by atoms with Crippen LogP contribution in [0.3, 0.4) is 0 Å². The van der Waals surface area contributed by atoms with Gasteiger partial charge in [0.2, 0.25) is 5.91 Å². The molecule has 1 spiro atoms. The van der Waals surface area contributed by atoms with Crippen LogP contribution in [0.2, 0.25) is 0 Å². The fourth-order valence-corrected chi connectivity index (χ4v) is 6.18. The SMILES string of the molecule is COc1ccc([C@@H]2C[C@H]3CN(Cc4ccccc4OC)C(=O)[C@]34CCCN24)cc1C. The van der Waals surface area contributed by atoms with Crippen LogP contribution in [0.15, 0.2) is 42.5 Å². The van der Waals surface area contributed by atoms with Gasteiger partial charge in [0.05, 0.1) is 14.2 Å². The highest BCUT2D eigenvalue weighted by Crippen LogP contribution is 2.56. The zero-order valence-corrected chi connectivity index (χ0v) is 18.1. The van der Waals surface area contributed by atoms with Crippen molar-refractivity contribution in [1.29, 1.82) is 0 Å². The molecule has 0 radical (unpaired) electrons. The molecule has 3 atom stereocenters. The molecule has 1 amide bonds. The Morgan fingerprint density at radius 2 is 1.90 bits per heavy atom. The second-order valence-corrected chi connectivity index (χ2v) is 8.90. The Morgan fingerprint density at radius 1 is 1.10 bits per heavy atom. The Balaban J connectivity index is 1.42. The molecule has 3 fully saturated rings. The van der Waals surface area contributed by atoms with Crippen LogP contribution in [0, 0.1) is 12.8 Å². The molecule has 30 heavy (non-hydrogen) atoms. The van der Waals surface area contributed by atoms with Crippen molar-refractivity contribution in [3.63, 3.8) is 0 Å².